The monoisotopic (exact) mass is 641 g/mol. The first-order valence-corrected chi connectivity index (χ1v) is 15.5. The largest absolute Gasteiger partial charge is 0.456 e. The van der Waals surface area contributed by atoms with Crippen molar-refractivity contribution >= 4 is 71.7 Å². The van der Waals surface area contributed by atoms with Crippen LogP contribution in [0.4, 0.5) is 17.1 Å². The fourth-order valence-electron chi connectivity index (χ4n) is 6.57. The first kappa shape index (κ1) is 17.0. The highest BCUT2D eigenvalue weighted by atomic mass is 16.3. The van der Waals surface area contributed by atoms with E-state index in [1.54, 1.807) is 18.2 Å². The highest BCUT2D eigenvalue weighted by molar-refractivity contribution is 6.22. The SMILES string of the molecule is [2H]c1c([2H])c([2H])c(-c2c([2H])c([2H])c(N(c3c([2H])c([2H])c([2H])c([2H])c3[2H])c3cccc4oc5c6ccccc6c(-c6ccc7c(c6)oc6ccccc67)cc5c34)c([2H])c2[2H])c([2H])c1[2H]. The van der Waals surface area contributed by atoms with E-state index in [1.807, 2.05) is 72.8 Å². The molecule has 0 aliphatic carbocycles. The van der Waals surface area contributed by atoms with Crippen LogP contribution in [-0.2, 0) is 0 Å². The van der Waals surface area contributed by atoms with Crippen molar-refractivity contribution in [1.29, 1.82) is 0 Å². The number of benzene rings is 8. The van der Waals surface area contributed by atoms with E-state index in [1.165, 1.54) is 0 Å². The van der Waals surface area contributed by atoms with Crippen molar-refractivity contribution in [3.8, 4) is 22.3 Å². The number of hydrogen-bond acceptors (Lipinski definition) is 3. The molecule has 0 aliphatic rings. The van der Waals surface area contributed by atoms with Gasteiger partial charge in [0.25, 0.3) is 0 Å². The maximum absolute atomic E-state index is 9.46. The minimum absolute atomic E-state index is 0.0788. The van der Waals surface area contributed by atoms with E-state index in [4.69, 9.17) is 22.5 Å². The molecule has 0 radical (unpaired) electrons. The molecule has 0 spiro atoms. The van der Waals surface area contributed by atoms with E-state index >= 15 is 0 Å². The summed E-state index contributed by atoms with van der Waals surface area (Å²) in [4.78, 5) is 1.10. The van der Waals surface area contributed by atoms with Crippen molar-refractivity contribution in [2.45, 2.75) is 0 Å². The first-order chi connectivity index (χ1) is 30.1. The molecule has 49 heavy (non-hydrogen) atoms. The number of furan rings is 2. The van der Waals surface area contributed by atoms with Gasteiger partial charge in [0.15, 0.2) is 0 Å². The Hall–Kier alpha value is -6.58. The summed E-state index contributed by atoms with van der Waals surface area (Å²) in [6, 6.07) is 17.7. The van der Waals surface area contributed by atoms with Gasteiger partial charge >= 0.3 is 0 Å². The zero-order valence-corrected chi connectivity index (χ0v) is 25.4. The normalized spacial score (nSPS) is 15.7. The molecular weight excluding hydrogens is 599 g/mol. The lowest BCUT2D eigenvalue weighted by Gasteiger charge is -2.26. The topological polar surface area (TPSA) is 29.5 Å². The van der Waals surface area contributed by atoms with Crippen LogP contribution in [0.25, 0.3) is 76.9 Å². The second-order valence-corrected chi connectivity index (χ2v) is 11.4. The van der Waals surface area contributed by atoms with Crippen LogP contribution < -0.4 is 4.90 Å². The fraction of sp³-hybridized carbons (Fsp3) is 0. The van der Waals surface area contributed by atoms with Gasteiger partial charge < -0.3 is 13.7 Å². The molecule has 10 aromatic rings. The lowest BCUT2D eigenvalue weighted by atomic mass is 9.94. The Morgan fingerprint density at radius 3 is 1.90 bits per heavy atom. The van der Waals surface area contributed by atoms with Crippen LogP contribution in [0.2, 0.25) is 0 Å². The zero-order valence-electron chi connectivity index (χ0n) is 39.4. The van der Waals surface area contributed by atoms with Crippen LogP contribution >= 0.6 is 0 Å². The third-order valence-corrected chi connectivity index (χ3v) is 8.71. The second kappa shape index (κ2) is 11.0. The molecule has 0 saturated heterocycles. The molecule has 0 aliphatic heterocycles. The fourth-order valence-corrected chi connectivity index (χ4v) is 6.57. The summed E-state index contributed by atoms with van der Waals surface area (Å²) in [5.41, 5.74) is 1.65. The van der Waals surface area contributed by atoms with Crippen LogP contribution in [0.3, 0.4) is 0 Å². The summed E-state index contributed by atoms with van der Waals surface area (Å²) in [5.74, 6) is 0. The quantitative estimate of drug-likeness (QED) is 0.187. The number of nitrogens with zero attached hydrogens (tertiary/aromatic N) is 1. The van der Waals surface area contributed by atoms with Crippen molar-refractivity contribution in [3.63, 3.8) is 0 Å². The van der Waals surface area contributed by atoms with E-state index in [0.29, 0.717) is 27.5 Å². The summed E-state index contributed by atoms with van der Waals surface area (Å²) >= 11 is 0. The van der Waals surface area contributed by atoms with Gasteiger partial charge in [-0.25, -0.2) is 0 Å². The lowest BCUT2D eigenvalue weighted by Crippen LogP contribution is -2.10. The van der Waals surface area contributed by atoms with Crippen molar-refractivity contribution in [3.05, 3.63) is 176 Å². The summed E-state index contributed by atoms with van der Waals surface area (Å²) in [6.45, 7) is 0. The Morgan fingerprint density at radius 1 is 0.429 bits per heavy atom. The first-order valence-electron chi connectivity index (χ1n) is 22.5. The average Bonchev–Trinajstić information content (AvgIpc) is 3.87. The van der Waals surface area contributed by atoms with Gasteiger partial charge in [-0.1, -0.05) is 115 Å². The Labute approximate surface area is 302 Å². The molecule has 0 bridgehead atoms. The molecule has 230 valence electrons. The number of rotatable bonds is 5. The van der Waals surface area contributed by atoms with Crippen LogP contribution in [0, 0.1) is 0 Å². The molecule has 3 heteroatoms. The van der Waals surface area contributed by atoms with Crippen molar-refractivity contribution in [2.75, 3.05) is 4.90 Å². The second-order valence-electron chi connectivity index (χ2n) is 11.4. The predicted octanol–water partition coefficient (Wildman–Crippen LogP) is 13.4. The maximum atomic E-state index is 9.46. The van der Waals surface area contributed by atoms with Crippen LogP contribution in [0.15, 0.2) is 184 Å². The van der Waals surface area contributed by atoms with E-state index < -0.39 is 107 Å². The lowest BCUT2D eigenvalue weighted by molar-refractivity contribution is 0.669. The minimum Gasteiger partial charge on any atom is -0.456 e. The average molecular weight is 642 g/mol. The highest BCUT2D eigenvalue weighted by Crippen LogP contribution is 2.46. The molecular formula is C46H29NO2. The van der Waals surface area contributed by atoms with Crippen molar-refractivity contribution < 1.29 is 28.0 Å². The van der Waals surface area contributed by atoms with Gasteiger partial charge in [-0.15, -0.1) is 0 Å². The molecule has 0 saturated carbocycles. The summed E-state index contributed by atoms with van der Waals surface area (Å²) in [6.07, 6.45) is 0. The molecule has 0 amide bonds. The number of anilines is 3. The standard InChI is InChI=1S/C46H29NO2/c1-3-12-30(13-4-1)31-22-25-34(26-23-31)47(33-14-5-2-6-15-33)41-19-11-21-43-45(41)40-29-39(35-16-7-8-18-38(35)46(40)49-43)32-24-27-37-36-17-9-10-20-42(36)48-44(37)28-32/h1-29H/i1D,2D,3D,4D,5D,6D,12D,13D,14D,15D,22D,23D,25D,26D. The zero-order chi connectivity index (χ0) is 44.5. The Kier molecular flexibility index (Phi) is 3.82. The van der Waals surface area contributed by atoms with E-state index in [0.717, 1.165) is 43.2 Å². The van der Waals surface area contributed by atoms with Crippen LogP contribution in [0.1, 0.15) is 19.2 Å². The molecule has 0 N–H and O–H groups in total. The van der Waals surface area contributed by atoms with Crippen LogP contribution in [-0.4, -0.2) is 0 Å². The maximum Gasteiger partial charge on any atom is 0.143 e. The molecule has 0 unspecified atom stereocenters. The van der Waals surface area contributed by atoms with Crippen molar-refractivity contribution in [2.24, 2.45) is 0 Å². The van der Waals surface area contributed by atoms with Gasteiger partial charge in [-0.3, -0.25) is 0 Å². The molecule has 3 nitrogen and oxygen atoms in total. The molecule has 0 atom stereocenters. The van der Waals surface area contributed by atoms with Crippen LogP contribution in [0.5, 0.6) is 0 Å². The van der Waals surface area contributed by atoms with Gasteiger partial charge in [0, 0.05) is 32.9 Å². The molecule has 0 fully saturated rings. The predicted molar refractivity (Wildman–Crippen MR) is 204 cm³/mol. The van der Waals surface area contributed by atoms with Crippen molar-refractivity contribution in [1.82, 2.24) is 0 Å². The Morgan fingerprint density at radius 2 is 1.08 bits per heavy atom. The third-order valence-electron chi connectivity index (χ3n) is 8.71. The van der Waals surface area contributed by atoms with E-state index in [2.05, 4.69) is 0 Å². The van der Waals surface area contributed by atoms with Gasteiger partial charge in [-0.2, -0.15) is 0 Å². The van der Waals surface area contributed by atoms with Gasteiger partial charge in [0.05, 0.1) is 30.3 Å². The number of hydrogen-bond donors (Lipinski definition) is 0. The summed E-state index contributed by atoms with van der Waals surface area (Å²) in [7, 11) is 0. The number of fused-ring (bicyclic) bond motifs is 8. The molecule has 10 rings (SSSR count). The van der Waals surface area contributed by atoms with E-state index in [-0.39, 0.29) is 5.69 Å². The summed E-state index contributed by atoms with van der Waals surface area (Å²) < 4.78 is 136. The summed E-state index contributed by atoms with van der Waals surface area (Å²) in [5, 5.41) is 4.32. The Balaban J connectivity index is 1.31. The van der Waals surface area contributed by atoms with Gasteiger partial charge in [-0.05, 0) is 88.2 Å². The van der Waals surface area contributed by atoms with Gasteiger partial charge in [0.2, 0.25) is 0 Å². The molecule has 8 aromatic carbocycles. The Bertz CT molecular complexity index is 3570. The highest BCUT2D eigenvalue weighted by Gasteiger charge is 2.22. The smallest absolute Gasteiger partial charge is 0.143 e. The van der Waals surface area contributed by atoms with E-state index in [9.17, 15) is 5.48 Å². The van der Waals surface area contributed by atoms with Gasteiger partial charge in [0.1, 0.15) is 22.3 Å². The third kappa shape index (κ3) is 4.44. The molecule has 2 aromatic heterocycles. The minimum atomic E-state index is -0.791. The molecule has 2 heterocycles. The number of para-hydroxylation sites is 2.